The largest absolute Gasteiger partial charge is 0.382 e. The molecule has 0 aliphatic carbocycles. The van der Waals surface area contributed by atoms with Gasteiger partial charge in [0.05, 0.1) is 16.5 Å². The summed E-state index contributed by atoms with van der Waals surface area (Å²) in [4.78, 5) is 0. The zero-order valence-corrected chi connectivity index (χ0v) is 9.28. The number of rotatable bonds is 4. The van der Waals surface area contributed by atoms with Gasteiger partial charge in [0.25, 0.3) is 0 Å². The van der Waals surface area contributed by atoms with Crippen LogP contribution in [-0.4, -0.2) is 20.7 Å². The standard InChI is InChI=1S/C8H10ClFN2O2S/c9-6-2-1-3-7(8(6)10)12-4-5-15(11,13)14/h1-3,12H,4-5H2,(H2,11,13,14). The molecule has 0 heterocycles. The zero-order valence-electron chi connectivity index (χ0n) is 7.70. The van der Waals surface area contributed by atoms with Crippen LogP contribution in [0.25, 0.3) is 0 Å². The fourth-order valence-corrected chi connectivity index (χ4v) is 1.53. The van der Waals surface area contributed by atoms with Gasteiger partial charge in [0.1, 0.15) is 0 Å². The molecule has 1 aromatic carbocycles. The summed E-state index contributed by atoms with van der Waals surface area (Å²) in [6.07, 6.45) is 0. The van der Waals surface area contributed by atoms with Crippen molar-refractivity contribution in [1.82, 2.24) is 0 Å². The zero-order chi connectivity index (χ0) is 11.5. The van der Waals surface area contributed by atoms with E-state index < -0.39 is 15.8 Å². The normalized spacial score (nSPS) is 11.4. The van der Waals surface area contributed by atoms with Crippen molar-refractivity contribution < 1.29 is 12.8 Å². The highest BCUT2D eigenvalue weighted by Gasteiger charge is 2.07. The molecule has 0 atom stereocenters. The summed E-state index contributed by atoms with van der Waals surface area (Å²) in [5.41, 5.74) is 0.158. The van der Waals surface area contributed by atoms with Crippen molar-refractivity contribution in [3.8, 4) is 0 Å². The molecular weight excluding hydrogens is 243 g/mol. The number of halogens is 2. The molecule has 1 aromatic rings. The third-order valence-corrected chi connectivity index (χ3v) is 2.72. The Morgan fingerprint density at radius 1 is 1.47 bits per heavy atom. The minimum absolute atomic E-state index is 0.0180. The molecule has 3 N–H and O–H groups in total. The maximum absolute atomic E-state index is 13.2. The number of nitrogens with one attached hydrogen (secondary N) is 1. The van der Waals surface area contributed by atoms with E-state index in [4.69, 9.17) is 16.7 Å². The van der Waals surface area contributed by atoms with Crippen molar-refractivity contribution in [1.29, 1.82) is 0 Å². The van der Waals surface area contributed by atoms with Crippen LogP contribution in [0.15, 0.2) is 18.2 Å². The van der Waals surface area contributed by atoms with Gasteiger partial charge in [0, 0.05) is 6.54 Å². The summed E-state index contributed by atoms with van der Waals surface area (Å²) < 4.78 is 34.4. The molecule has 0 aromatic heterocycles. The number of nitrogens with two attached hydrogens (primary N) is 1. The second-order valence-corrected chi connectivity index (χ2v) is 5.04. The molecule has 15 heavy (non-hydrogen) atoms. The van der Waals surface area contributed by atoms with E-state index in [9.17, 15) is 12.8 Å². The first-order valence-electron chi connectivity index (χ1n) is 4.08. The number of primary sulfonamides is 1. The number of hydrogen-bond acceptors (Lipinski definition) is 3. The van der Waals surface area contributed by atoms with Crippen molar-refractivity contribution in [2.24, 2.45) is 5.14 Å². The third kappa shape index (κ3) is 4.03. The van der Waals surface area contributed by atoms with Crippen molar-refractivity contribution in [3.63, 3.8) is 0 Å². The fourth-order valence-electron chi connectivity index (χ4n) is 0.968. The molecule has 0 amide bonds. The number of sulfonamides is 1. The van der Waals surface area contributed by atoms with Gasteiger partial charge in [-0.15, -0.1) is 0 Å². The number of benzene rings is 1. The molecule has 0 aliphatic heterocycles. The molecule has 1 rings (SSSR count). The maximum atomic E-state index is 13.2. The first kappa shape index (κ1) is 12.2. The molecule has 84 valence electrons. The smallest absolute Gasteiger partial charge is 0.210 e. The van der Waals surface area contributed by atoms with Crippen LogP contribution in [-0.2, 0) is 10.0 Å². The molecule has 0 spiro atoms. The van der Waals surface area contributed by atoms with E-state index in [1.165, 1.54) is 12.1 Å². The molecule has 0 fully saturated rings. The average molecular weight is 253 g/mol. The molecule has 0 aliphatic rings. The topological polar surface area (TPSA) is 72.2 Å². The van der Waals surface area contributed by atoms with Gasteiger partial charge in [0.15, 0.2) is 5.82 Å². The highest BCUT2D eigenvalue weighted by atomic mass is 35.5. The van der Waals surface area contributed by atoms with Gasteiger partial charge in [-0.25, -0.2) is 17.9 Å². The number of anilines is 1. The Kier molecular flexibility index (Phi) is 3.90. The van der Waals surface area contributed by atoms with Crippen molar-refractivity contribution in [3.05, 3.63) is 29.0 Å². The first-order chi connectivity index (χ1) is 6.90. The van der Waals surface area contributed by atoms with Crippen LogP contribution in [0.1, 0.15) is 0 Å². The summed E-state index contributed by atoms with van der Waals surface area (Å²) >= 11 is 5.52. The second kappa shape index (κ2) is 4.78. The predicted molar refractivity (Wildman–Crippen MR) is 57.9 cm³/mol. The monoisotopic (exact) mass is 252 g/mol. The highest BCUT2D eigenvalue weighted by molar-refractivity contribution is 7.89. The highest BCUT2D eigenvalue weighted by Crippen LogP contribution is 2.21. The molecule has 0 saturated heterocycles. The lowest BCUT2D eigenvalue weighted by atomic mass is 10.3. The fraction of sp³-hybridized carbons (Fsp3) is 0.250. The van der Waals surface area contributed by atoms with E-state index in [1.807, 2.05) is 0 Å². The van der Waals surface area contributed by atoms with Gasteiger partial charge < -0.3 is 5.32 Å². The lowest BCUT2D eigenvalue weighted by Crippen LogP contribution is -2.22. The van der Waals surface area contributed by atoms with Crippen LogP contribution >= 0.6 is 11.6 Å². The number of hydrogen-bond donors (Lipinski definition) is 2. The molecule has 0 saturated carbocycles. The Labute approximate surface area is 92.3 Å². The van der Waals surface area contributed by atoms with Crippen molar-refractivity contribution >= 4 is 27.3 Å². The van der Waals surface area contributed by atoms with Crippen LogP contribution in [0, 0.1) is 5.82 Å². The van der Waals surface area contributed by atoms with Crippen LogP contribution in [0.4, 0.5) is 10.1 Å². The van der Waals surface area contributed by atoms with Gasteiger partial charge in [-0.3, -0.25) is 0 Å². The Balaban J connectivity index is 2.62. The maximum Gasteiger partial charge on any atom is 0.210 e. The molecule has 0 unspecified atom stereocenters. The van der Waals surface area contributed by atoms with E-state index in [2.05, 4.69) is 5.32 Å². The lowest BCUT2D eigenvalue weighted by Gasteiger charge is -2.07. The van der Waals surface area contributed by atoms with Crippen molar-refractivity contribution in [2.75, 3.05) is 17.6 Å². The summed E-state index contributed by atoms with van der Waals surface area (Å²) in [6, 6.07) is 4.43. The quantitative estimate of drug-likeness (QED) is 0.845. The van der Waals surface area contributed by atoms with Gasteiger partial charge in [-0.1, -0.05) is 17.7 Å². The SMILES string of the molecule is NS(=O)(=O)CCNc1cccc(Cl)c1F. The average Bonchev–Trinajstić information content (AvgIpc) is 2.10. The second-order valence-electron chi connectivity index (χ2n) is 2.90. The van der Waals surface area contributed by atoms with Crippen LogP contribution in [0.5, 0.6) is 0 Å². The Morgan fingerprint density at radius 3 is 2.73 bits per heavy atom. The molecule has 4 nitrogen and oxygen atoms in total. The van der Waals surface area contributed by atoms with Gasteiger partial charge in [-0.05, 0) is 12.1 Å². The van der Waals surface area contributed by atoms with E-state index in [0.29, 0.717) is 0 Å². The Morgan fingerprint density at radius 2 is 2.13 bits per heavy atom. The minimum Gasteiger partial charge on any atom is -0.382 e. The molecule has 0 radical (unpaired) electrons. The van der Waals surface area contributed by atoms with E-state index in [1.54, 1.807) is 6.07 Å². The first-order valence-corrected chi connectivity index (χ1v) is 6.18. The van der Waals surface area contributed by atoms with E-state index in [0.717, 1.165) is 0 Å². The van der Waals surface area contributed by atoms with Gasteiger partial charge in [-0.2, -0.15) is 0 Å². The summed E-state index contributed by atoms with van der Waals surface area (Å²) in [5, 5.41) is 7.35. The van der Waals surface area contributed by atoms with E-state index >= 15 is 0 Å². The molecular formula is C8H10ClFN2O2S. The summed E-state index contributed by atoms with van der Waals surface area (Å²) in [6.45, 7) is 0.0378. The van der Waals surface area contributed by atoms with Gasteiger partial charge >= 0.3 is 0 Å². The van der Waals surface area contributed by atoms with Crippen LogP contribution in [0.3, 0.4) is 0 Å². The summed E-state index contributed by atoms with van der Waals surface area (Å²) in [7, 11) is -3.54. The summed E-state index contributed by atoms with van der Waals surface area (Å²) in [5.74, 6) is -0.868. The Bertz CT molecular complexity index is 450. The Hall–Kier alpha value is -0.850. The van der Waals surface area contributed by atoms with Crippen LogP contribution < -0.4 is 10.5 Å². The molecule has 7 heteroatoms. The predicted octanol–water partition coefficient (Wildman–Crippen LogP) is 1.18. The minimum atomic E-state index is -3.54. The lowest BCUT2D eigenvalue weighted by molar-refractivity contribution is 0.597. The van der Waals surface area contributed by atoms with Crippen molar-refractivity contribution in [2.45, 2.75) is 0 Å². The van der Waals surface area contributed by atoms with Crippen LogP contribution in [0.2, 0.25) is 5.02 Å². The van der Waals surface area contributed by atoms with Gasteiger partial charge in [0.2, 0.25) is 10.0 Å². The van der Waals surface area contributed by atoms with E-state index in [-0.39, 0.29) is 23.0 Å². The third-order valence-electron chi connectivity index (χ3n) is 1.65. The molecule has 0 bridgehead atoms.